The SMILES string of the molecule is Cc1ccc2c(CC(=O)O)c[nH]c2c1.Cc1ccc2c(CC(N)=O)c[nH]c2c1.N.O. The van der Waals surface area contributed by atoms with Gasteiger partial charge in [-0.15, -0.1) is 0 Å². The molecule has 0 radical (unpaired) electrons. The number of primary amides is 1. The Kier molecular flexibility index (Phi) is 8.34. The number of carbonyl (C=O) groups is 2. The quantitative estimate of drug-likeness (QED) is 0.346. The van der Waals surface area contributed by atoms with Crippen molar-refractivity contribution in [2.24, 2.45) is 5.73 Å². The molecule has 0 unspecified atom stereocenters. The van der Waals surface area contributed by atoms with E-state index in [1.54, 1.807) is 6.20 Å². The van der Waals surface area contributed by atoms with E-state index >= 15 is 0 Å². The minimum atomic E-state index is -0.800. The molecular weight excluding hydrogens is 384 g/mol. The number of aryl methyl sites for hydroxylation is 2. The Labute approximate surface area is 174 Å². The summed E-state index contributed by atoms with van der Waals surface area (Å²) in [7, 11) is 0. The molecule has 0 saturated heterocycles. The van der Waals surface area contributed by atoms with Gasteiger partial charge < -0.3 is 32.4 Å². The smallest absolute Gasteiger partial charge is 0.307 e. The van der Waals surface area contributed by atoms with Crippen LogP contribution in [0.15, 0.2) is 48.8 Å². The van der Waals surface area contributed by atoms with E-state index in [2.05, 4.69) is 16.0 Å². The van der Waals surface area contributed by atoms with Crippen LogP contribution < -0.4 is 11.9 Å². The first-order chi connectivity index (χ1) is 13.3. The van der Waals surface area contributed by atoms with Crippen LogP contribution >= 0.6 is 0 Å². The van der Waals surface area contributed by atoms with Crippen molar-refractivity contribution in [2.45, 2.75) is 26.7 Å². The fraction of sp³-hybridized carbons (Fsp3) is 0.182. The fourth-order valence-electron chi connectivity index (χ4n) is 3.24. The number of aromatic amines is 2. The Morgan fingerprint density at radius 2 is 1.30 bits per heavy atom. The number of benzene rings is 2. The molecular formula is C22H28N4O4. The number of aliphatic carboxylic acids is 1. The van der Waals surface area contributed by atoms with Gasteiger partial charge in [0.05, 0.1) is 12.8 Å². The van der Waals surface area contributed by atoms with Crippen LogP contribution in [-0.4, -0.2) is 32.4 Å². The molecule has 2 heterocycles. The predicted octanol–water partition coefficient (Wildman–Crippen LogP) is 2.94. The lowest BCUT2D eigenvalue weighted by molar-refractivity contribution is -0.136. The van der Waals surface area contributed by atoms with E-state index in [1.165, 1.54) is 11.1 Å². The molecule has 0 aliphatic heterocycles. The summed E-state index contributed by atoms with van der Waals surface area (Å²) < 4.78 is 0. The van der Waals surface area contributed by atoms with Crippen molar-refractivity contribution in [1.29, 1.82) is 0 Å². The zero-order valence-corrected chi connectivity index (χ0v) is 17.1. The van der Waals surface area contributed by atoms with Gasteiger partial charge in [-0.2, -0.15) is 0 Å². The maximum absolute atomic E-state index is 10.8. The number of aromatic nitrogens is 2. The number of fused-ring (bicyclic) bond motifs is 2. The van der Waals surface area contributed by atoms with Crippen LogP contribution in [0.25, 0.3) is 21.8 Å². The second-order valence-electron chi connectivity index (χ2n) is 6.94. The maximum Gasteiger partial charge on any atom is 0.307 e. The van der Waals surface area contributed by atoms with Crippen LogP contribution in [0.1, 0.15) is 22.3 Å². The molecule has 0 fully saturated rings. The highest BCUT2D eigenvalue weighted by Crippen LogP contribution is 2.20. The predicted molar refractivity (Wildman–Crippen MR) is 119 cm³/mol. The summed E-state index contributed by atoms with van der Waals surface area (Å²) in [6.45, 7) is 4.05. The number of rotatable bonds is 4. The van der Waals surface area contributed by atoms with Crippen molar-refractivity contribution in [3.05, 3.63) is 71.0 Å². The van der Waals surface area contributed by atoms with Gasteiger partial charge in [0.2, 0.25) is 5.91 Å². The van der Waals surface area contributed by atoms with Crippen molar-refractivity contribution in [3.63, 3.8) is 0 Å². The standard InChI is InChI=1S/C11H12N2O.C11H11NO2.H3N.H2O/c1-7-2-3-9-8(5-11(12)14)6-13-10(9)4-7;1-7-2-3-9-8(5-11(13)14)6-12-10(9)4-7;;/h2-4,6,13H,5H2,1H3,(H2,12,14);2-4,6,12H,5H2,1H3,(H,13,14);1H3;1H2. The molecule has 160 valence electrons. The molecule has 0 spiro atoms. The summed E-state index contributed by atoms with van der Waals surface area (Å²) in [6, 6.07) is 12.1. The van der Waals surface area contributed by atoms with Gasteiger partial charge in [-0.1, -0.05) is 24.3 Å². The van der Waals surface area contributed by atoms with E-state index in [4.69, 9.17) is 10.8 Å². The summed E-state index contributed by atoms with van der Waals surface area (Å²) >= 11 is 0. The highest BCUT2D eigenvalue weighted by Gasteiger charge is 2.07. The van der Waals surface area contributed by atoms with Gasteiger partial charge >= 0.3 is 5.97 Å². The van der Waals surface area contributed by atoms with Gasteiger partial charge in [0.15, 0.2) is 0 Å². The van der Waals surface area contributed by atoms with Gasteiger partial charge in [-0.05, 0) is 48.2 Å². The molecule has 0 atom stereocenters. The van der Waals surface area contributed by atoms with Crippen molar-refractivity contribution in [2.75, 3.05) is 0 Å². The number of nitrogens with one attached hydrogen (secondary N) is 2. The molecule has 4 aromatic rings. The molecule has 10 N–H and O–H groups in total. The Balaban J connectivity index is 0.000000281. The molecule has 0 bridgehead atoms. The number of nitrogens with two attached hydrogens (primary N) is 1. The topological polar surface area (TPSA) is 178 Å². The first-order valence-electron chi connectivity index (χ1n) is 8.97. The van der Waals surface area contributed by atoms with Crippen molar-refractivity contribution in [3.8, 4) is 0 Å². The zero-order valence-electron chi connectivity index (χ0n) is 17.1. The lowest BCUT2D eigenvalue weighted by atomic mass is 10.1. The minimum absolute atomic E-state index is 0. The Morgan fingerprint density at radius 3 is 1.70 bits per heavy atom. The van der Waals surface area contributed by atoms with Crippen LogP contribution in [0.2, 0.25) is 0 Å². The molecule has 2 aromatic carbocycles. The second kappa shape index (κ2) is 10.2. The maximum atomic E-state index is 10.8. The molecule has 30 heavy (non-hydrogen) atoms. The third-order valence-corrected chi connectivity index (χ3v) is 4.55. The lowest BCUT2D eigenvalue weighted by Gasteiger charge is -1.96. The van der Waals surface area contributed by atoms with Gasteiger partial charge in [-0.3, -0.25) is 9.59 Å². The number of amides is 1. The molecule has 8 nitrogen and oxygen atoms in total. The Bertz CT molecular complexity index is 1070. The Morgan fingerprint density at radius 1 is 0.867 bits per heavy atom. The molecule has 0 aliphatic carbocycles. The minimum Gasteiger partial charge on any atom is -0.481 e. The summed E-state index contributed by atoms with van der Waals surface area (Å²) in [5.74, 6) is -1.10. The van der Waals surface area contributed by atoms with E-state index in [0.29, 0.717) is 6.42 Å². The molecule has 4 rings (SSSR count). The number of H-pyrrole nitrogens is 2. The second-order valence-corrected chi connectivity index (χ2v) is 6.94. The van der Waals surface area contributed by atoms with E-state index in [0.717, 1.165) is 32.9 Å². The van der Waals surface area contributed by atoms with E-state index in [9.17, 15) is 9.59 Å². The molecule has 0 aliphatic rings. The number of hydrogen-bond donors (Lipinski definition) is 5. The highest BCUT2D eigenvalue weighted by atomic mass is 16.4. The fourth-order valence-corrected chi connectivity index (χ4v) is 3.24. The first-order valence-corrected chi connectivity index (χ1v) is 8.97. The summed E-state index contributed by atoms with van der Waals surface area (Å²) in [5.41, 5.74) is 11.4. The molecule has 0 saturated carbocycles. The average molecular weight is 412 g/mol. The summed E-state index contributed by atoms with van der Waals surface area (Å²) in [6.07, 6.45) is 3.97. The van der Waals surface area contributed by atoms with Crippen molar-refractivity contribution in [1.82, 2.24) is 16.1 Å². The average Bonchev–Trinajstić information content (AvgIpc) is 3.18. The molecule has 2 aromatic heterocycles. The van der Waals surface area contributed by atoms with Crippen LogP contribution in [-0.2, 0) is 22.4 Å². The summed E-state index contributed by atoms with van der Waals surface area (Å²) in [4.78, 5) is 27.5. The van der Waals surface area contributed by atoms with Gasteiger partial charge in [-0.25, -0.2) is 0 Å². The normalized spacial score (nSPS) is 9.93. The largest absolute Gasteiger partial charge is 0.481 e. The van der Waals surface area contributed by atoms with Gasteiger partial charge in [0.1, 0.15) is 0 Å². The number of carboxylic acids is 1. The van der Waals surface area contributed by atoms with E-state index < -0.39 is 5.97 Å². The van der Waals surface area contributed by atoms with Crippen molar-refractivity contribution >= 4 is 33.7 Å². The van der Waals surface area contributed by atoms with Crippen LogP contribution in [0.3, 0.4) is 0 Å². The van der Waals surface area contributed by atoms with E-state index in [-0.39, 0.29) is 24.0 Å². The zero-order chi connectivity index (χ0) is 20.3. The number of carbonyl (C=O) groups excluding carboxylic acids is 1. The summed E-state index contributed by atoms with van der Waals surface area (Å²) in [5, 5.41) is 10.8. The third kappa shape index (κ3) is 5.69. The van der Waals surface area contributed by atoms with E-state index in [1.807, 2.05) is 50.4 Å². The lowest BCUT2D eigenvalue weighted by Crippen LogP contribution is -2.13. The first kappa shape index (κ1) is 24.4. The Hall–Kier alpha value is -3.62. The monoisotopic (exact) mass is 412 g/mol. The van der Waals surface area contributed by atoms with Crippen LogP contribution in [0.4, 0.5) is 0 Å². The van der Waals surface area contributed by atoms with Gasteiger partial charge in [0.25, 0.3) is 0 Å². The van der Waals surface area contributed by atoms with Crippen LogP contribution in [0.5, 0.6) is 0 Å². The van der Waals surface area contributed by atoms with Crippen molar-refractivity contribution < 1.29 is 20.2 Å². The number of carboxylic acid groups (broad SMARTS) is 1. The van der Waals surface area contributed by atoms with Gasteiger partial charge in [0, 0.05) is 34.2 Å². The molecule has 1 amide bonds. The van der Waals surface area contributed by atoms with Crippen LogP contribution in [0, 0.1) is 13.8 Å². The third-order valence-electron chi connectivity index (χ3n) is 4.55. The number of hydrogen-bond acceptors (Lipinski definition) is 3. The molecule has 8 heteroatoms. The highest BCUT2D eigenvalue weighted by molar-refractivity contribution is 5.89.